The Balaban J connectivity index is 1.09. The monoisotopic (exact) mass is 531 g/mol. The van der Waals surface area contributed by atoms with Gasteiger partial charge in [0.25, 0.3) is 0 Å². The number of ether oxygens (including phenoxy) is 2. The molecule has 6 heteroatoms. The van der Waals surface area contributed by atoms with E-state index in [0.29, 0.717) is 41.9 Å². The van der Waals surface area contributed by atoms with E-state index in [1.54, 1.807) is 6.92 Å². The van der Waals surface area contributed by atoms with E-state index in [1.807, 2.05) is 30.3 Å². The number of fused-ring (bicyclic) bond motifs is 1. The summed E-state index contributed by atoms with van der Waals surface area (Å²) < 4.78 is 16.5. The van der Waals surface area contributed by atoms with Crippen LogP contribution in [0.15, 0.2) is 63.8 Å². The molecular formula is C33H41NO5. The number of hydrogen-bond donors (Lipinski definition) is 0. The van der Waals surface area contributed by atoms with Crippen molar-refractivity contribution < 1.29 is 18.7 Å². The van der Waals surface area contributed by atoms with Crippen molar-refractivity contribution in [3.8, 4) is 17.0 Å². The topological polar surface area (TPSA) is 78.6 Å². The van der Waals surface area contributed by atoms with Gasteiger partial charge in [-0.2, -0.15) is 4.98 Å². The normalized spacial score (nSPS) is 12.9. The molecule has 0 aliphatic heterocycles. The summed E-state index contributed by atoms with van der Waals surface area (Å²) in [5.74, 6) is 0.831. The van der Waals surface area contributed by atoms with Gasteiger partial charge in [-0.3, -0.25) is 0 Å². The zero-order valence-corrected chi connectivity index (χ0v) is 23.2. The standard InChI is InChI=1S/C33H41NO5/c1-24(2)32(35)38-21-12-10-8-6-4-3-5-7-9-11-20-37-30-19-18-28-23-29(33(36)39-31(28)34-30)27-15-13-14-26(22-27)25-16-17-25/h13-15,18-19,22-23,25H,1,3-12,16-17,20-21H2,2H3. The number of nitrogens with zero attached hydrogens (tertiary/aromatic N) is 1. The Bertz CT molecular complexity index is 1310. The fraction of sp³-hybridized carbons (Fsp3) is 0.485. The Hall–Kier alpha value is -3.41. The third-order valence-corrected chi connectivity index (χ3v) is 7.19. The second-order valence-corrected chi connectivity index (χ2v) is 10.7. The minimum atomic E-state index is -0.371. The lowest BCUT2D eigenvalue weighted by molar-refractivity contribution is -0.139. The van der Waals surface area contributed by atoms with Crippen LogP contribution in [0.2, 0.25) is 0 Å². The molecule has 0 amide bonds. The van der Waals surface area contributed by atoms with E-state index in [0.717, 1.165) is 36.6 Å². The van der Waals surface area contributed by atoms with Gasteiger partial charge in [0.1, 0.15) is 0 Å². The third-order valence-electron chi connectivity index (χ3n) is 7.19. The summed E-state index contributed by atoms with van der Waals surface area (Å²) in [6, 6.07) is 13.8. The van der Waals surface area contributed by atoms with Crippen LogP contribution in [0.25, 0.3) is 22.2 Å². The maximum absolute atomic E-state index is 12.7. The summed E-state index contributed by atoms with van der Waals surface area (Å²) in [4.78, 5) is 28.4. The second-order valence-electron chi connectivity index (χ2n) is 10.7. The number of esters is 1. The quantitative estimate of drug-likeness (QED) is 0.0994. The van der Waals surface area contributed by atoms with Gasteiger partial charge in [0.05, 0.1) is 18.8 Å². The lowest BCUT2D eigenvalue weighted by Gasteiger charge is -2.07. The highest BCUT2D eigenvalue weighted by Gasteiger charge is 2.23. The number of pyridine rings is 1. The Morgan fingerprint density at radius 1 is 0.923 bits per heavy atom. The lowest BCUT2D eigenvalue weighted by atomic mass is 10.0. The van der Waals surface area contributed by atoms with Crippen LogP contribution in [0.5, 0.6) is 5.88 Å². The van der Waals surface area contributed by atoms with Crippen LogP contribution in [0.3, 0.4) is 0 Å². The van der Waals surface area contributed by atoms with E-state index < -0.39 is 0 Å². The molecule has 208 valence electrons. The van der Waals surface area contributed by atoms with Gasteiger partial charge in [-0.15, -0.1) is 0 Å². The zero-order valence-electron chi connectivity index (χ0n) is 23.2. The van der Waals surface area contributed by atoms with Gasteiger partial charge >= 0.3 is 11.6 Å². The van der Waals surface area contributed by atoms with E-state index in [4.69, 9.17) is 13.9 Å². The van der Waals surface area contributed by atoms with Gasteiger partial charge in [-0.1, -0.05) is 82.2 Å². The fourth-order valence-electron chi connectivity index (χ4n) is 4.72. The summed E-state index contributed by atoms with van der Waals surface area (Å²) in [6.45, 7) is 6.35. The highest BCUT2D eigenvalue weighted by molar-refractivity contribution is 5.86. The van der Waals surface area contributed by atoms with Crippen LogP contribution >= 0.6 is 0 Å². The van der Waals surface area contributed by atoms with Gasteiger partial charge in [0, 0.05) is 17.0 Å². The average Bonchev–Trinajstić information content (AvgIpc) is 3.78. The van der Waals surface area contributed by atoms with Crippen LogP contribution in [-0.4, -0.2) is 24.2 Å². The van der Waals surface area contributed by atoms with E-state index in [-0.39, 0.29) is 11.6 Å². The molecule has 1 aliphatic rings. The van der Waals surface area contributed by atoms with Crippen molar-refractivity contribution in [3.63, 3.8) is 0 Å². The molecule has 1 saturated carbocycles. The highest BCUT2D eigenvalue weighted by Crippen LogP contribution is 2.41. The van der Waals surface area contributed by atoms with E-state index in [9.17, 15) is 9.59 Å². The first-order valence-electron chi connectivity index (χ1n) is 14.5. The molecule has 3 aromatic rings. The Morgan fingerprint density at radius 2 is 1.59 bits per heavy atom. The minimum Gasteiger partial charge on any atom is -0.478 e. The van der Waals surface area contributed by atoms with E-state index in [1.165, 1.54) is 56.9 Å². The van der Waals surface area contributed by atoms with Gasteiger partial charge < -0.3 is 13.9 Å². The smallest absolute Gasteiger partial charge is 0.345 e. The molecule has 6 nitrogen and oxygen atoms in total. The number of hydrogen-bond acceptors (Lipinski definition) is 6. The van der Waals surface area contributed by atoms with Crippen LogP contribution < -0.4 is 10.4 Å². The SMILES string of the molecule is C=C(C)C(=O)OCCCCCCCCCCCCOc1ccc2cc(-c3cccc(C4CC4)c3)c(=O)oc2n1. The van der Waals surface area contributed by atoms with Crippen molar-refractivity contribution in [2.75, 3.05) is 13.2 Å². The molecule has 2 heterocycles. The molecule has 0 unspecified atom stereocenters. The maximum Gasteiger partial charge on any atom is 0.345 e. The van der Waals surface area contributed by atoms with Crippen LogP contribution in [-0.2, 0) is 9.53 Å². The second kappa shape index (κ2) is 14.7. The zero-order chi connectivity index (χ0) is 27.5. The van der Waals surface area contributed by atoms with Crippen LogP contribution in [0.4, 0.5) is 0 Å². The molecule has 0 spiro atoms. The number of benzene rings is 1. The molecule has 1 fully saturated rings. The van der Waals surface area contributed by atoms with Gasteiger partial charge in [0.2, 0.25) is 11.6 Å². The Labute approximate surface area is 231 Å². The summed E-state index contributed by atoms with van der Waals surface area (Å²) in [6.07, 6.45) is 13.9. The first-order chi connectivity index (χ1) is 19.0. The summed E-state index contributed by atoms with van der Waals surface area (Å²) in [5, 5.41) is 0.792. The molecule has 1 aromatic carbocycles. The van der Waals surface area contributed by atoms with Crippen molar-refractivity contribution in [1.29, 1.82) is 0 Å². The summed E-state index contributed by atoms with van der Waals surface area (Å²) in [7, 11) is 0. The first kappa shape index (κ1) is 28.6. The molecule has 0 bridgehead atoms. The van der Waals surface area contributed by atoms with Crippen molar-refractivity contribution in [3.05, 3.63) is 70.6 Å². The van der Waals surface area contributed by atoms with Gasteiger partial charge in [-0.25, -0.2) is 9.59 Å². The molecular weight excluding hydrogens is 490 g/mol. The van der Waals surface area contributed by atoms with Crippen molar-refractivity contribution in [2.45, 2.75) is 89.9 Å². The molecule has 0 radical (unpaired) electrons. The Kier molecular flexibility index (Phi) is 10.8. The molecule has 0 atom stereocenters. The molecule has 4 rings (SSSR count). The lowest BCUT2D eigenvalue weighted by Crippen LogP contribution is -2.05. The fourth-order valence-corrected chi connectivity index (χ4v) is 4.72. The molecule has 0 saturated heterocycles. The Morgan fingerprint density at radius 3 is 2.26 bits per heavy atom. The van der Waals surface area contributed by atoms with Crippen molar-refractivity contribution in [2.24, 2.45) is 0 Å². The van der Waals surface area contributed by atoms with E-state index in [2.05, 4.69) is 23.7 Å². The third kappa shape index (κ3) is 9.09. The van der Waals surface area contributed by atoms with E-state index >= 15 is 0 Å². The number of unbranched alkanes of at least 4 members (excludes halogenated alkanes) is 9. The molecule has 2 aromatic heterocycles. The van der Waals surface area contributed by atoms with Gasteiger partial charge in [-0.05, 0) is 61.8 Å². The first-order valence-corrected chi connectivity index (χ1v) is 14.5. The van der Waals surface area contributed by atoms with Crippen molar-refractivity contribution >= 4 is 17.1 Å². The average molecular weight is 532 g/mol. The number of carbonyl (C=O) groups is 1. The largest absolute Gasteiger partial charge is 0.478 e. The van der Waals surface area contributed by atoms with Crippen molar-refractivity contribution in [1.82, 2.24) is 4.98 Å². The minimum absolute atomic E-state index is 0.290. The maximum atomic E-state index is 12.7. The predicted molar refractivity (Wildman–Crippen MR) is 155 cm³/mol. The van der Waals surface area contributed by atoms with Crippen LogP contribution in [0.1, 0.15) is 95.5 Å². The summed E-state index contributed by atoms with van der Waals surface area (Å²) in [5.41, 5.74) is 3.16. The molecule has 0 N–H and O–H groups in total. The number of rotatable bonds is 17. The predicted octanol–water partition coefficient (Wildman–Crippen LogP) is 8.13. The number of carbonyl (C=O) groups excluding carboxylic acids is 1. The summed E-state index contributed by atoms with van der Waals surface area (Å²) >= 11 is 0. The van der Waals surface area contributed by atoms with Gasteiger partial charge in [0.15, 0.2) is 0 Å². The highest BCUT2D eigenvalue weighted by atomic mass is 16.5. The molecule has 1 aliphatic carbocycles. The molecule has 39 heavy (non-hydrogen) atoms. The number of aromatic nitrogens is 1. The van der Waals surface area contributed by atoms with Crippen LogP contribution in [0, 0.1) is 0 Å².